The molecule has 0 atom stereocenters. The van der Waals surface area contributed by atoms with Gasteiger partial charge in [-0.3, -0.25) is 9.69 Å². The van der Waals surface area contributed by atoms with E-state index in [0.29, 0.717) is 22.5 Å². The van der Waals surface area contributed by atoms with Crippen LogP contribution in [0.15, 0.2) is 72.6 Å². The number of carbonyl (C=O) groups excluding carboxylic acids is 1. The molecule has 41 heavy (non-hydrogen) atoms. The van der Waals surface area contributed by atoms with E-state index in [-0.39, 0.29) is 0 Å². The third-order valence-electron chi connectivity index (χ3n) is 8.57. The molecule has 0 radical (unpaired) electrons. The summed E-state index contributed by atoms with van der Waals surface area (Å²) in [5, 5.41) is 0.942. The van der Waals surface area contributed by atoms with Crippen molar-refractivity contribution in [2.75, 3.05) is 37.6 Å². The summed E-state index contributed by atoms with van der Waals surface area (Å²) in [4.78, 5) is 24.6. The predicted molar refractivity (Wildman–Crippen MR) is 166 cm³/mol. The van der Waals surface area contributed by atoms with E-state index in [9.17, 15) is 4.79 Å². The maximum absolute atomic E-state index is 12.2. The van der Waals surface area contributed by atoms with E-state index in [1.54, 1.807) is 23.4 Å². The van der Waals surface area contributed by atoms with Gasteiger partial charge in [0.2, 0.25) is 0 Å². The Morgan fingerprint density at radius 2 is 1.83 bits per heavy atom. The molecule has 4 aromatic rings. The number of carbonyl (C=O) groups is 1. The summed E-state index contributed by atoms with van der Waals surface area (Å²) in [5.74, 6) is 0.502. The number of anilines is 1. The van der Waals surface area contributed by atoms with E-state index < -0.39 is 5.91 Å². The first-order valence-electron chi connectivity index (χ1n) is 14.5. The van der Waals surface area contributed by atoms with Crippen LogP contribution in [0.25, 0.3) is 16.6 Å². The monoisotopic (exact) mass is 549 g/mol. The Morgan fingerprint density at radius 1 is 1.05 bits per heavy atom. The van der Waals surface area contributed by atoms with Gasteiger partial charge < -0.3 is 20.4 Å². The summed E-state index contributed by atoms with van der Waals surface area (Å²) in [7, 11) is 0. The number of aryl methyl sites for hydroxylation is 1. The maximum atomic E-state index is 12.2. The number of hydrogen-bond donors (Lipinski definition) is 2. The van der Waals surface area contributed by atoms with E-state index in [2.05, 4.69) is 64.8 Å². The minimum Gasteiger partial charge on any atom is -0.455 e. The van der Waals surface area contributed by atoms with E-state index in [4.69, 9.17) is 10.5 Å². The highest BCUT2D eigenvalue weighted by molar-refractivity contribution is 5.96. The van der Waals surface area contributed by atoms with Gasteiger partial charge in [-0.2, -0.15) is 0 Å². The SMILES string of the molecule is Cc1ccc(C2=C(CN3CCN(c4ccc(C(N)=O)c(Oc5cnc6[nH]ccc6c5)c4)CC3)CCC(C)(C)C2)cc1. The van der Waals surface area contributed by atoms with Crippen LogP contribution in [-0.2, 0) is 0 Å². The number of hydrogen-bond acceptors (Lipinski definition) is 5. The van der Waals surface area contributed by atoms with E-state index in [0.717, 1.165) is 62.3 Å². The van der Waals surface area contributed by atoms with Gasteiger partial charge in [0.1, 0.15) is 17.1 Å². The number of aromatic amines is 1. The first-order valence-corrected chi connectivity index (χ1v) is 14.5. The lowest BCUT2D eigenvalue weighted by Crippen LogP contribution is -2.47. The van der Waals surface area contributed by atoms with Crippen LogP contribution in [0.3, 0.4) is 0 Å². The van der Waals surface area contributed by atoms with Crippen LogP contribution in [-0.4, -0.2) is 53.5 Å². The zero-order valence-electron chi connectivity index (χ0n) is 24.2. The molecule has 3 N–H and O–H groups in total. The Labute approximate surface area is 242 Å². The molecule has 2 aromatic carbocycles. The number of nitrogens with zero attached hydrogens (tertiary/aromatic N) is 3. The molecule has 0 bridgehead atoms. The minimum absolute atomic E-state index is 0.336. The normalized spacial score (nSPS) is 17.7. The lowest BCUT2D eigenvalue weighted by molar-refractivity contribution is 0.0998. The highest BCUT2D eigenvalue weighted by Gasteiger charge is 2.29. The molecule has 212 valence electrons. The quantitative estimate of drug-likeness (QED) is 0.273. The fourth-order valence-electron chi connectivity index (χ4n) is 6.10. The molecule has 0 spiro atoms. The number of allylic oxidation sites excluding steroid dienone is 1. The van der Waals surface area contributed by atoms with Gasteiger partial charge in [-0.25, -0.2) is 4.98 Å². The fourth-order valence-corrected chi connectivity index (χ4v) is 6.10. The van der Waals surface area contributed by atoms with Gasteiger partial charge in [0.25, 0.3) is 5.91 Å². The molecule has 1 aliphatic heterocycles. The zero-order chi connectivity index (χ0) is 28.6. The van der Waals surface area contributed by atoms with Gasteiger partial charge in [-0.15, -0.1) is 0 Å². The Hall–Kier alpha value is -4.10. The molecule has 7 nitrogen and oxygen atoms in total. The summed E-state index contributed by atoms with van der Waals surface area (Å²) in [6.07, 6.45) is 7.02. The summed E-state index contributed by atoms with van der Waals surface area (Å²) >= 11 is 0. The Kier molecular flexibility index (Phi) is 7.30. The summed E-state index contributed by atoms with van der Waals surface area (Å²) in [5.41, 5.74) is 14.0. The average Bonchev–Trinajstić information content (AvgIpc) is 3.43. The zero-order valence-corrected chi connectivity index (χ0v) is 24.2. The van der Waals surface area contributed by atoms with Gasteiger partial charge in [0.05, 0.1) is 11.8 Å². The van der Waals surface area contributed by atoms with Crippen LogP contribution in [0.4, 0.5) is 5.69 Å². The van der Waals surface area contributed by atoms with Crippen molar-refractivity contribution >= 4 is 28.2 Å². The third-order valence-corrected chi connectivity index (χ3v) is 8.57. The molecule has 1 aliphatic carbocycles. The lowest BCUT2D eigenvalue weighted by Gasteiger charge is -2.39. The van der Waals surface area contributed by atoms with Crippen LogP contribution >= 0.6 is 0 Å². The Bertz CT molecular complexity index is 1590. The van der Waals surface area contributed by atoms with Crippen LogP contribution in [0.2, 0.25) is 0 Å². The molecule has 7 heteroatoms. The lowest BCUT2D eigenvalue weighted by atomic mass is 9.72. The number of benzene rings is 2. The molecule has 3 heterocycles. The number of aromatic nitrogens is 2. The number of pyridine rings is 1. The maximum Gasteiger partial charge on any atom is 0.252 e. The van der Waals surface area contributed by atoms with Crippen LogP contribution in [0.5, 0.6) is 11.5 Å². The molecule has 6 rings (SSSR count). The van der Waals surface area contributed by atoms with Crippen molar-refractivity contribution in [1.29, 1.82) is 0 Å². The molecule has 1 fully saturated rings. The first kappa shape index (κ1) is 27.1. The van der Waals surface area contributed by atoms with E-state index in [1.807, 2.05) is 30.5 Å². The highest BCUT2D eigenvalue weighted by Crippen LogP contribution is 2.43. The van der Waals surface area contributed by atoms with E-state index >= 15 is 0 Å². The summed E-state index contributed by atoms with van der Waals surface area (Å²) in [6.45, 7) is 11.7. The smallest absolute Gasteiger partial charge is 0.252 e. The minimum atomic E-state index is -0.514. The molecule has 2 aromatic heterocycles. The van der Waals surface area contributed by atoms with Crippen LogP contribution in [0.1, 0.15) is 54.6 Å². The van der Waals surface area contributed by atoms with Gasteiger partial charge in [0.15, 0.2) is 0 Å². The molecular weight excluding hydrogens is 510 g/mol. The number of rotatable bonds is 7. The third kappa shape index (κ3) is 6.00. The molecule has 1 saturated heterocycles. The van der Waals surface area contributed by atoms with Crippen LogP contribution in [0, 0.1) is 12.3 Å². The molecule has 1 amide bonds. The van der Waals surface area contributed by atoms with Crippen molar-refractivity contribution < 1.29 is 9.53 Å². The topological polar surface area (TPSA) is 87.5 Å². The number of fused-ring (bicyclic) bond motifs is 1. The molecule has 0 saturated carbocycles. The number of primary amides is 1. The van der Waals surface area contributed by atoms with Gasteiger partial charge in [0, 0.05) is 56.1 Å². The second-order valence-electron chi connectivity index (χ2n) is 12.3. The van der Waals surface area contributed by atoms with Crippen molar-refractivity contribution in [3.63, 3.8) is 0 Å². The standard InChI is InChI=1S/C34H39N5O2/c1-23-4-6-24(7-5-23)30-20-34(2,3)12-10-26(30)22-38-14-16-39(17-15-38)27-8-9-29(32(35)40)31(19-27)41-28-18-25-11-13-36-33(25)37-21-28/h4-9,11,13,18-19,21H,10,12,14-17,20,22H2,1-3H3,(H2,35,40)(H,36,37). The number of nitrogens with one attached hydrogen (secondary N) is 1. The number of amides is 1. The number of piperazine rings is 1. The van der Waals surface area contributed by atoms with E-state index in [1.165, 1.54) is 17.5 Å². The van der Waals surface area contributed by atoms with Gasteiger partial charge in [-0.1, -0.05) is 49.2 Å². The van der Waals surface area contributed by atoms with Crippen LogP contribution < -0.4 is 15.4 Å². The fraction of sp³-hybridized carbons (Fsp3) is 0.353. The molecule has 0 unspecified atom stereocenters. The van der Waals surface area contributed by atoms with Crippen molar-refractivity contribution in [2.24, 2.45) is 11.1 Å². The van der Waals surface area contributed by atoms with Gasteiger partial charge in [-0.05, 0) is 67.0 Å². The summed E-state index contributed by atoms with van der Waals surface area (Å²) < 4.78 is 6.16. The van der Waals surface area contributed by atoms with Crippen molar-refractivity contribution in [2.45, 2.75) is 40.0 Å². The van der Waals surface area contributed by atoms with Gasteiger partial charge >= 0.3 is 0 Å². The summed E-state index contributed by atoms with van der Waals surface area (Å²) in [6, 6.07) is 18.6. The highest BCUT2D eigenvalue weighted by atomic mass is 16.5. The second-order valence-corrected chi connectivity index (χ2v) is 12.3. The molecular formula is C34H39N5O2. The number of nitrogens with two attached hydrogens (primary N) is 1. The van der Waals surface area contributed by atoms with Crippen molar-refractivity contribution in [1.82, 2.24) is 14.9 Å². The first-order chi connectivity index (χ1) is 19.7. The van der Waals surface area contributed by atoms with Crippen molar-refractivity contribution in [3.05, 3.63) is 89.3 Å². The number of ether oxygens (including phenoxy) is 1. The second kappa shape index (κ2) is 11.1. The largest absolute Gasteiger partial charge is 0.455 e. The van der Waals surface area contributed by atoms with Crippen molar-refractivity contribution in [3.8, 4) is 11.5 Å². The number of H-pyrrole nitrogens is 1. The Balaban J connectivity index is 1.17. The average molecular weight is 550 g/mol. The Morgan fingerprint density at radius 3 is 2.59 bits per heavy atom. The predicted octanol–water partition coefficient (Wildman–Crippen LogP) is 6.55. The molecule has 2 aliphatic rings.